The van der Waals surface area contributed by atoms with E-state index in [-0.39, 0.29) is 17.4 Å². The molecule has 0 radical (unpaired) electrons. The molecule has 2 aromatic carbocycles. The van der Waals surface area contributed by atoms with Crippen LogP contribution in [0.3, 0.4) is 0 Å². The first-order chi connectivity index (χ1) is 15.0. The maximum absolute atomic E-state index is 11.9. The Labute approximate surface area is 180 Å². The van der Waals surface area contributed by atoms with Crippen LogP contribution in [0.25, 0.3) is 0 Å². The molecule has 0 spiro atoms. The highest BCUT2D eigenvalue weighted by molar-refractivity contribution is 5.64. The van der Waals surface area contributed by atoms with Crippen LogP contribution in [-0.4, -0.2) is 48.2 Å². The van der Waals surface area contributed by atoms with Crippen molar-refractivity contribution in [1.29, 1.82) is 0 Å². The van der Waals surface area contributed by atoms with Crippen molar-refractivity contribution >= 4 is 17.2 Å². The lowest BCUT2D eigenvalue weighted by atomic mass is 10.2. The zero-order valence-electron chi connectivity index (χ0n) is 17.4. The van der Waals surface area contributed by atoms with Crippen LogP contribution in [0.1, 0.15) is 5.56 Å². The fourth-order valence-electron chi connectivity index (χ4n) is 3.51. The molecule has 31 heavy (non-hydrogen) atoms. The van der Waals surface area contributed by atoms with Crippen molar-refractivity contribution in [3.63, 3.8) is 0 Å². The lowest BCUT2D eigenvalue weighted by Crippen LogP contribution is -2.47. The molecule has 0 atom stereocenters. The number of nitrogens with zero attached hydrogens (tertiary/aromatic N) is 5. The number of hydrogen-bond acceptors (Lipinski definition) is 8. The Bertz CT molecular complexity index is 1050. The standard InChI is InChI=1S/C22H23N5O4/c1-16-3-7-19(8-4-16)31-22-20(27(28)29)21(23-15-24-22)26-13-11-25(12-14-26)17-5-9-18(30-2)10-6-17/h3-10,15H,11-14H2,1-2H3. The van der Waals surface area contributed by atoms with Gasteiger partial charge in [-0.25, -0.2) is 4.98 Å². The largest absolute Gasteiger partial charge is 0.497 e. The topological polar surface area (TPSA) is 93.9 Å². The SMILES string of the molecule is COc1ccc(N2CCN(c3ncnc(Oc4ccc(C)cc4)c3[N+](=O)[O-])CC2)cc1. The van der Waals surface area contributed by atoms with Crippen molar-refractivity contribution in [2.45, 2.75) is 6.92 Å². The first-order valence-corrected chi connectivity index (χ1v) is 9.93. The minimum atomic E-state index is -0.477. The van der Waals surface area contributed by atoms with Crippen molar-refractivity contribution in [2.24, 2.45) is 0 Å². The number of piperazine rings is 1. The number of methoxy groups -OCH3 is 1. The van der Waals surface area contributed by atoms with Gasteiger partial charge in [-0.15, -0.1) is 0 Å². The molecule has 0 amide bonds. The quantitative estimate of drug-likeness (QED) is 0.438. The summed E-state index contributed by atoms with van der Waals surface area (Å²) < 4.78 is 10.9. The van der Waals surface area contributed by atoms with Crippen LogP contribution in [0.15, 0.2) is 54.9 Å². The summed E-state index contributed by atoms with van der Waals surface area (Å²) in [6, 6.07) is 15.1. The normalized spacial score (nSPS) is 13.7. The monoisotopic (exact) mass is 421 g/mol. The molecular weight excluding hydrogens is 398 g/mol. The summed E-state index contributed by atoms with van der Waals surface area (Å²) in [7, 11) is 1.64. The van der Waals surface area contributed by atoms with Gasteiger partial charge in [0.1, 0.15) is 17.8 Å². The fourth-order valence-corrected chi connectivity index (χ4v) is 3.51. The molecule has 0 bridgehead atoms. The zero-order chi connectivity index (χ0) is 21.8. The Morgan fingerprint density at radius 3 is 2.13 bits per heavy atom. The third-order valence-electron chi connectivity index (χ3n) is 5.20. The van der Waals surface area contributed by atoms with E-state index in [0.29, 0.717) is 31.9 Å². The van der Waals surface area contributed by atoms with Crippen LogP contribution >= 0.6 is 0 Å². The molecule has 4 rings (SSSR count). The maximum atomic E-state index is 11.9. The van der Waals surface area contributed by atoms with E-state index in [2.05, 4.69) is 14.9 Å². The molecule has 3 aromatic rings. The molecule has 9 nitrogen and oxygen atoms in total. The van der Waals surface area contributed by atoms with Gasteiger partial charge < -0.3 is 19.3 Å². The highest BCUT2D eigenvalue weighted by atomic mass is 16.6. The average molecular weight is 421 g/mol. The molecular formula is C22H23N5O4. The van der Waals surface area contributed by atoms with Crippen LogP contribution in [0, 0.1) is 17.0 Å². The lowest BCUT2D eigenvalue weighted by molar-refractivity contribution is -0.385. The first-order valence-electron chi connectivity index (χ1n) is 9.93. The van der Waals surface area contributed by atoms with Gasteiger partial charge in [-0.3, -0.25) is 10.1 Å². The summed E-state index contributed by atoms with van der Waals surface area (Å²) >= 11 is 0. The Hall–Kier alpha value is -3.88. The number of aryl methyl sites for hydroxylation is 1. The molecule has 9 heteroatoms. The summed E-state index contributed by atoms with van der Waals surface area (Å²) in [5.41, 5.74) is 1.93. The van der Waals surface area contributed by atoms with E-state index in [9.17, 15) is 10.1 Å². The minimum absolute atomic E-state index is 0.0589. The first kappa shape index (κ1) is 20.4. The highest BCUT2D eigenvalue weighted by Gasteiger charge is 2.30. The van der Waals surface area contributed by atoms with Crippen molar-refractivity contribution in [1.82, 2.24) is 9.97 Å². The van der Waals surface area contributed by atoms with E-state index in [1.165, 1.54) is 6.33 Å². The Balaban J connectivity index is 1.52. The molecule has 0 N–H and O–H groups in total. The van der Waals surface area contributed by atoms with Crippen LogP contribution in [0.5, 0.6) is 17.4 Å². The van der Waals surface area contributed by atoms with Gasteiger partial charge in [-0.05, 0) is 43.3 Å². The predicted molar refractivity (Wildman–Crippen MR) is 117 cm³/mol. The van der Waals surface area contributed by atoms with E-state index in [1.54, 1.807) is 19.2 Å². The third-order valence-corrected chi connectivity index (χ3v) is 5.20. The number of benzene rings is 2. The average Bonchev–Trinajstić information content (AvgIpc) is 2.80. The van der Waals surface area contributed by atoms with Gasteiger partial charge in [0.05, 0.1) is 12.0 Å². The van der Waals surface area contributed by atoms with Crippen LogP contribution in [0.2, 0.25) is 0 Å². The molecule has 2 heterocycles. The number of anilines is 2. The Kier molecular flexibility index (Phi) is 5.83. The Morgan fingerprint density at radius 2 is 1.52 bits per heavy atom. The summed E-state index contributed by atoms with van der Waals surface area (Å²) in [4.78, 5) is 23.8. The fraction of sp³-hybridized carbons (Fsp3) is 0.273. The second-order valence-electron chi connectivity index (χ2n) is 7.20. The van der Waals surface area contributed by atoms with Crippen LogP contribution < -0.4 is 19.3 Å². The summed E-state index contributed by atoms with van der Waals surface area (Å²) in [5, 5.41) is 11.9. The van der Waals surface area contributed by atoms with E-state index < -0.39 is 4.92 Å². The van der Waals surface area contributed by atoms with E-state index in [0.717, 1.165) is 17.0 Å². The van der Waals surface area contributed by atoms with Crippen molar-refractivity contribution in [2.75, 3.05) is 43.1 Å². The second-order valence-corrected chi connectivity index (χ2v) is 7.20. The molecule has 1 aliphatic heterocycles. The summed E-state index contributed by atoms with van der Waals surface area (Å²) in [6.07, 6.45) is 1.31. The smallest absolute Gasteiger partial charge is 0.373 e. The van der Waals surface area contributed by atoms with E-state index in [4.69, 9.17) is 9.47 Å². The second kappa shape index (κ2) is 8.86. The highest BCUT2D eigenvalue weighted by Crippen LogP contribution is 2.36. The van der Waals surface area contributed by atoms with Gasteiger partial charge in [0.2, 0.25) is 5.82 Å². The number of ether oxygens (including phenoxy) is 2. The minimum Gasteiger partial charge on any atom is -0.497 e. The van der Waals surface area contributed by atoms with E-state index >= 15 is 0 Å². The van der Waals surface area contributed by atoms with Crippen molar-refractivity contribution in [3.8, 4) is 17.4 Å². The van der Waals surface area contributed by atoms with Crippen LogP contribution in [0.4, 0.5) is 17.2 Å². The molecule has 1 aromatic heterocycles. The van der Waals surface area contributed by atoms with Gasteiger partial charge in [-0.1, -0.05) is 17.7 Å². The van der Waals surface area contributed by atoms with Gasteiger partial charge in [0.25, 0.3) is 0 Å². The lowest BCUT2D eigenvalue weighted by Gasteiger charge is -2.36. The zero-order valence-corrected chi connectivity index (χ0v) is 17.4. The number of hydrogen-bond donors (Lipinski definition) is 0. The summed E-state index contributed by atoms with van der Waals surface area (Å²) in [6.45, 7) is 4.56. The third kappa shape index (κ3) is 4.50. The molecule has 1 saturated heterocycles. The maximum Gasteiger partial charge on any atom is 0.373 e. The Morgan fingerprint density at radius 1 is 0.903 bits per heavy atom. The van der Waals surface area contributed by atoms with Gasteiger partial charge in [0.15, 0.2) is 0 Å². The molecule has 0 unspecified atom stereocenters. The molecule has 0 aliphatic carbocycles. The van der Waals surface area contributed by atoms with Gasteiger partial charge in [0, 0.05) is 31.9 Å². The van der Waals surface area contributed by atoms with Gasteiger partial charge >= 0.3 is 11.6 Å². The van der Waals surface area contributed by atoms with Crippen molar-refractivity contribution in [3.05, 3.63) is 70.5 Å². The van der Waals surface area contributed by atoms with Crippen LogP contribution in [-0.2, 0) is 0 Å². The molecule has 1 fully saturated rings. The molecule has 160 valence electrons. The number of nitro groups is 1. The number of rotatable bonds is 6. The van der Waals surface area contributed by atoms with E-state index in [1.807, 2.05) is 48.2 Å². The number of aromatic nitrogens is 2. The molecule has 0 saturated carbocycles. The molecule has 1 aliphatic rings. The predicted octanol–water partition coefficient (Wildman–Crippen LogP) is 3.82. The van der Waals surface area contributed by atoms with Crippen molar-refractivity contribution < 1.29 is 14.4 Å². The summed E-state index contributed by atoms with van der Waals surface area (Å²) in [5.74, 6) is 1.51. The van der Waals surface area contributed by atoms with Gasteiger partial charge in [-0.2, -0.15) is 4.98 Å².